The summed E-state index contributed by atoms with van der Waals surface area (Å²) in [5, 5.41) is 12.1. The van der Waals surface area contributed by atoms with E-state index in [-0.39, 0.29) is 15.5 Å². The molecule has 0 aliphatic rings. The van der Waals surface area contributed by atoms with Crippen LogP contribution < -0.4 is 5.32 Å². The number of nitrogens with zero attached hydrogens (tertiary/aromatic N) is 2. The second-order valence-corrected chi connectivity index (χ2v) is 8.73. The predicted molar refractivity (Wildman–Crippen MR) is 95.7 cm³/mol. The fourth-order valence-corrected chi connectivity index (χ4v) is 4.49. The van der Waals surface area contributed by atoms with Crippen molar-refractivity contribution in [3.63, 3.8) is 0 Å². The van der Waals surface area contributed by atoms with Crippen molar-refractivity contribution in [2.45, 2.75) is 37.5 Å². The molecule has 9 heteroatoms. The van der Waals surface area contributed by atoms with Crippen LogP contribution in [-0.4, -0.2) is 30.8 Å². The third kappa shape index (κ3) is 4.31. The summed E-state index contributed by atoms with van der Waals surface area (Å²) < 4.78 is 23.4. The van der Waals surface area contributed by atoms with Crippen LogP contribution in [0.5, 0.6) is 0 Å². The second kappa shape index (κ2) is 7.58. The van der Waals surface area contributed by atoms with Crippen LogP contribution in [0.25, 0.3) is 0 Å². The Bertz CT molecular complexity index is 845. The molecule has 0 atom stereocenters. The summed E-state index contributed by atoms with van der Waals surface area (Å²) in [6, 6.07) is 4.12. The van der Waals surface area contributed by atoms with E-state index >= 15 is 0 Å². The number of rotatable bonds is 6. The fourth-order valence-electron chi connectivity index (χ4n) is 2.19. The summed E-state index contributed by atoms with van der Waals surface area (Å²) in [6.45, 7) is 4.16. The van der Waals surface area contributed by atoms with Gasteiger partial charge in [-0.25, -0.2) is 8.42 Å². The molecule has 0 aliphatic heterocycles. The van der Waals surface area contributed by atoms with Gasteiger partial charge in [0.05, 0.1) is 9.92 Å². The van der Waals surface area contributed by atoms with Crippen molar-refractivity contribution in [1.82, 2.24) is 10.2 Å². The van der Waals surface area contributed by atoms with Crippen LogP contribution in [0.2, 0.25) is 5.02 Å². The highest BCUT2D eigenvalue weighted by Gasteiger charge is 2.18. The number of amides is 1. The predicted octanol–water partition coefficient (Wildman–Crippen LogP) is 3.75. The SMILES string of the molecule is CCC(CC)c1nnc(NC(=O)c2ccc(Cl)c(S(C)(=O)=O)c2)s1. The van der Waals surface area contributed by atoms with E-state index in [0.29, 0.717) is 11.0 Å². The van der Waals surface area contributed by atoms with Gasteiger partial charge in [0.15, 0.2) is 9.84 Å². The molecule has 0 fully saturated rings. The Kier molecular flexibility index (Phi) is 5.95. The topological polar surface area (TPSA) is 89.0 Å². The van der Waals surface area contributed by atoms with Gasteiger partial charge >= 0.3 is 0 Å². The quantitative estimate of drug-likeness (QED) is 0.815. The van der Waals surface area contributed by atoms with E-state index in [4.69, 9.17) is 11.6 Å². The van der Waals surface area contributed by atoms with E-state index in [1.807, 2.05) is 0 Å². The smallest absolute Gasteiger partial charge is 0.257 e. The van der Waals surface area contributed by atoms with Gasteiger partial charge in [0.1, 0.15) is 5.01 Å². The molecule has 0 spiro atoms. The lowest BCUT2D eigenvalue weighted by Crippen LogP contribution is -2.12. The van der Waals surface area contributed by atoms with E-state index in [1.165, 1.54) is 29.5 Å². The van der Waals surface area contributed by atoms with Crippen molar-refractivity contribution < 1.29 is 13.2 Å². The lowest BCUT2D eigenvalue weighted by atomic mass is 10.1. The van der Waals surface area contributed by atoms with Gasteiger partial charge in [-0.05, 0) is 31.0 Å². The van der Waals surface area contributed by atoms with Gasteiger partial charge in [0.25, 0.3) is 5.91 Å². The number of anilines is 1. The maximum atomic E-state index is 12.3. The van der Waals surface area contributed by atoms with Gasteiger partial charge < -0.3 is 0 Å². The van der Waals surface area contributed by atoms with Gasteiger partial charge in [-0.3, -0.25) is 10.1 Å². The molecule has 0 saturated carbocycles. The Balaban J connectivity index is 2.22. The van der Waals surface area contributed by atoms with E-state index in [0.717, 1.165) is 24.1 Å². The van der Waals surface area contributed by atoms with Crippen LogP contribution >= 0.6 is 22.9 Å². The molecule has 1 amide bonds. The van der Waals surface area contributed by atoms with Crippen molar-refractivity contribution in [2.75, 3.05) is 11.6 Å². The van der Waals surface area contributed by atoms with Crippen LogP contribution in [0.4, 0.5) is 5.13 Å². The molecule has 0 saturated heterocycles. The molecule has 2 rings (SSSR count). The number of carbonyl (C=O) groups excluding carboxylic acids is 1. The van der Waals surface area contributed by atoms with Crippen LogP contribution in [0, 0.1) is 0 Å². The van der Waals surface area contributed by atoms with Gasteiger partial charge in [0, 0.05) is 17.7 Å². The Morgan fingerprint density at radius 3 is 2.54 bits per heavy atom. The largest absolute Gasteiger partial charge is 0.296 e. The Morgan fingerprint density at radius 2 is 1.96 bits per heavy atom. The maximum absolute atomic E-state index is 12.3. The third-order valence-corrected chi connectivity index (χ3v) is 6.17. The normalized spacial score (nSPS) is 11.7. The summed E-state index contributed by atoms with van der Waals surface area (Å²) in [4.78, 5) is 12.2. The minimum atomic E-state index is -3.51. The molecule has 1 heterocycles. The van der Waals surface area contributed by atoms with Crippen LogP contribution in [-0.2, 0) is 9.84 Å². The molecule has 6 nitrogen and oxygen atoms in total. The number of carbonyl (C=O) groups is 1. The zero-order valence-electron chi connectivity index (χ0n) is 13.5. The second-order valence-electron chi connectivity index (χ2n) is 5.33. The van der Waals surface area contributed by atoms with Gasteiger partial charge in [-0.2, -0.15) is 0 Å². The highest BCUT2D eigenvalue weighted by atomic mass is 35.5. The number of benzene rings is 1. The molecule has 1 aromatic heterocycles. The number of sulfone groups is 1. The number of nitrogens with one attached hydrogen (secondary N) is 1. The van der Waals surface area contributed by atoms with Crippen LogP contribution in [0.3, 0.4) is 0 Å². The van der Waals surface area contributed by atoms with E-state index < -0.39 is 15.7 Å². The standard InChI is InChI=1S/C15H18ClN3O3S2/c1-4-9(5-2)14-18-19-15(23-14)17-13(20)10-6-7-11(16)12(8-10)24(3,21)22/h6-9H,4-5H2,1-3H3,(H,17,19,20). The fraction of sp³-hybridized carbons (Fsp3) is 0.400. The van der Waals surface area contributed by atoms with Crippen LogP contribution in [0.15, 0.2) is 23.1 Å². The Morgan fingerprint density at radius 1 is 1.29 bits per heavy atom. The number of hydrogen-bond donors (Lipinski definition) is 1. The maximum Gasteiger partial charge on any atom is 0.257 e. The summed E-state index contributed by atoms with van der Waals surface area (Å²) in [6.07, 6.45) is 2.95. The zero-order valence-corrected chi connectivity index (χ0v) is 15.9. The van der Waals surface area contributed by atoms with Crippen molar-refractivity contribution in [1.29, 1.82) is 0 Å². The minimum Gasteiger partial charge on any atom is -0.296 e. The molecule has 0 radical (unpaired) electrons. The van der Waals surface area contributed by atoms with E-state index in [2.05, 4.69) is 29.4 Å². The summed E-state index contributed by atoms with van der Waals surface area (Å²) in [5.74, 6) is -0.135. The first-order valence-corrected chi connectivity index (χ1v) is 10.5. The lowest BCUT2D eigenvalue weighted by molar-refractivity contribution is 0.102. The Labute approximate surface area is 150 Å². The molecule has 0 unspecified atom stereocenters. The first-order chi connectivity index (χ1) is 11.3. The minimum absolute atomic E-state index is 0.0770. The van der Waals surface area contributed by atoms with Crippen molar-refractivity contribution in [3.05, 3.63) is 33.8 Å². The highest BCUT2D eigenvalue weighted by molar-refractivity contribution is 7.90. The average molecular weight is 388 g/mol. The van der Waals surface area contributed by atoms with Crippen molar-refractivity contribution in [3.8, 4) is 0 Å². The van der Waals surface area contributed by atoms with Gasteiger partial charge in [0.2, 0.25) is 5.13 Å². The van der Waals surface area contributed by atoms with Crippen LogP contribution in [0.1, 0.15) is 48.0 Å². The molecule has 1 N–H and O–H groups in total. The highest BCUT2D eigenvalue weighted by Crippen LogP contribution is 2.28. The number of halogens is 1. The molecule has 0 bridgehead atoms. The number of hydrogen-bond acceptors (Lipinski definition) is 6. The molecule has 1 aromatic carbocycles. The molecular formula is C15H18ClN3O3S2. The van der Waals surface area contributed by atoms with E-state index in [9.17, 15) is 13.2 Å². The first kappa shape index (κ1) is 18.8. The third-order valence-electron chi connectivity index (χ3n) is 3.59. The van der Waals surface area contributed by atoms with E-state index in [1.54, 1.807) is 0 Å². The molecular weight excluding hydrogens is 370 g/mol. The molecule has 130 valence electrons. The first-order valence-electron chi connectivity index (χ1n) is 7.40. The molecule has 2 aromatic rings. The zero-order chi connectivity index (χ0) is 17.9. The lowest BCUT2D eigenvalue weighted by Gasteiger charge is -2.06. The van der Waals surface area contributed by atoms with Crippen molar-refractivity contribution in [2.24, 2.45) is 0 Å². The van der Waals surface area contributed by atoms with Gasteiger partial charge in [-0.15, -0.1) is 10.2 Å². The summed E-state index contributed by atoms with van der Waals surface area (Å²) >= 11 is 7.21. The molecule has 24 heavy (non-hydrogen) atoms. The summed E-state index contributed by atoms with van der Waals surface area (Å²) in [7, 11) is -3.51. The monoisotopic (exact) mass is 387 g/mol. The number of aromatic nitrogens is 2. The molecule has 0 aliphatic carbocycles. The van der Waals surface area contributed by atoms with Crippen molar-refractivity contribution >= 4 is 43.8 Å². The van der Waals surface area contributed by atoms with Gasteiger partial charge in [-0.1, -0.05) is 36.8 Å². The average Bonchev–Trinajstić information content (AvgIpc) is 2.96. The Hall–Kier alpha value is -1.51. The summed E-state index contributed by atoms with van der Waals surface area (Å²) in [5.41, 5.74) is 0.194.